The monoisotopic (exact) mass is 551 g/mol. The highest BCUT2D eigenvalue weighted by Gasteiger charge is 2.21. The second-order valence-electron chi connectivity index (χ2n) is 10.8. The normalized spacial score (nSPS) is 14.2. The average molecular weight is 552 g/mol. The number of esters is 2. The first-order valence-electron chi connectivity index (χ1n) is 14.2. The molecule has 0 amide bonds. The van der Waals surface area contributed by atoms with Gasteiger partial charge in [-0.25, -0.2) is 0 Å². The number of phosphoric acid groups is 1. The molecule has 10 heteroatoms. The van der Waals surface area contributed by atoms with Crippen LogP contribution in [0, 0.1) is 0 Å². The minimum Gasteiger partial charge on any atom is -0.756 e. The summed E-state index contributed by atoms with van der Waals surface area (Å²) in [5, 5.41) is 0. The fourth-order valence-corrected chi connectivity index (χ4v) is 4.30. The Morgan fingerprint density at radius 3 is 1.78 bits per heavy atom. The van der Waals surface area contributed by atoms with E-state index in [2.05, 4.69) is 6.92 Å². The van der Waals surface area contributed by atoms with Gasteiger partial charge < -0.3 is 27.9 Å². The van der Waals surface area contributed by atoms with Crippen LogP contribution in [0.1, 0.15) is 110 Å². The third-order valence-electron chi connectivity index (χ3n) is 5.85. The zero-order valence-corrected chi connectivity index (χ0v) is 25.1. The number of hydrogen-bond acceptors (Lipinski definition) is 8. The van der Waals surface area contributed by atoms with E-state index >= 15 is 0 Å². The molecule has 0 aromatic carbocycles. The van der Waals surface area contributed by atoms with Crippen LogP contribution in [-0.2, 0) is 32.7 Å². The number of quaternary nitrogens is 1. The second-order valence-corrected chi connectivity index (χ2v) is 12.2. The summed E-state index contributed by atoms with van der Waals surface area (Å²) in [5.41, 5.74) is 0. The van der Waals surface area contributed by atoms with Gasteiger partial charge >= 0.3 is 11.9 Å². The number of carbonyl (C=O) groups is 2. The van der Waals surface area contributed by atoms with E-state index in [1.54, 1.807) is 0 Å². The molecule has 0 spiro atoms. The Morgan fingerprint density at radius 2 is 1.27 bits per heavy atom. The SMILES string of the molecule is CCCCCCCCCCCCCCC(=O)OC(COC(=O)CCC)COP(=O)([O-])OCC[N+](C)(C)C. The topological polar surface area (TPSA) is 111 Å². The second kappa shape index (κ2) is 21.9. The van der Waals surface area contributed by atoms with Gasteiger partial charge in [0.15, 0.2) is 6.10 Å². The molecule has 0 N–H and O–H groups in total. The van der Waals surface area contributed by atoms with Crippen molar-refractivity contribution in [1.29, 1.82) is 0 Å². The molecular formula is C27H54NO8P. The Labute approximate surface area is 225 Å². The van der Waals surface area contributed by atoms with Crippen molar-refractivity contribution in [3.63, 3.8) is 0 Å². The molecular weight excluding hydrogens is 497 g/mol. The summed E-state index contributed by atoms with van der Waals surface area (Å²) in [7, 11) is 1.16. The van der Waals surface area contributed by atoms with E-state index in [4.69, 9.17) is 18.5 Å². The lowest BCUT2D eigenvalue weighted by Crippen LogP contribution is -2.37. The molecule has 0 heterocycles. The minimum atomic E-state index is -4.58. The summed E-state index contributed by atoms with van der Waals surface area (Å²) in [6.07, 6.45) is 14.4. The van der Waals surface area contributed by atoms with E-state index in [1.165, 1.54) is 57.8 Å². The van der Waals surface area contributed by atoms with Gasteiger partial charge in [-0.05, 0) is 12.8 Å². The van der Waals surface area contributed by atoms with E-state index in [0.29, 0.717) is 23.9 Å². The fraction of sp³-hybridized carbons (Fsp3) is 0.926. The minimum absolute atomic E-state index is 0.0286. The fourth-order valence-electron chi connectivity index (χ4n) is 3.57. The maximum Gasteiger partial charge on any atom is 0.306 e. The highest BCUT2D eigenvalue weighted by molar-refractivity contribution is 7.45. The number of hydrogen-bond donors (Lipinski definition) is 0. The van der Waals surface area contributed by atoms with E-state index in [9.17, 15) is 19.0 Å². The van der Waals surface area contributed by atoms with E-state index in [-0.39, 0.29) is 26.1 Å². The average Bonchev–Trinajstić information content (AvgIpc) is 2.80. The summed E-state index contributed by atoms with van der Waals surface area (Å²) in [5.74, 6) is -0.895. The molecule has 0 aliphatic heterocycles. The van der Waals surface area contributed by atoms with Gasteiger partial charge in [-0.15, -0.1) is 0 Å². The molecule has 0 radical (unpaired) electrons. The predicted octanol–water partition coefficient (Wildman–Crippen LogP) is 5.54. The van der Waals surface area contributed by atoms with Gasteiger partial charge in [0.1, 0.15) is 19.8 Å². The number of carbonyl (C=O) groups excluding carboxylic acids is 2. The Morgan fingerprint density at radius 1 is 0.730 bits per heavy atom. The summed E-state index contributed by atoms with van der Waals surface area (Å²) in [4.78, 5) is 36.1. The van der Waals surface area contributed by atoms with Crippen LogP contribution in [0.2, 0.25) is 0 Å². The van der Waals surface area contributed by atoms with Gasteiger partial charge in [0, 0.05) is 12.8 Å². The van der Waals surface area contributed by atoms with Crippen molar-refractivity contribution in [2.45, 2.75) is 116 Å². The molecule has 2 atom stereocenters. The largest absolute Gasteiger partial charge is 0.756 e. The lowest BCUT2D eigenvalue weighted by atomic mass is 10.0. The van der Waals surface area contributed by atoms with Crippen LogP contribution >= 0.6 is 7.82 Å². The Kier molecular flexibility index (Phi) is 21.3. The van der Waals surface area contributed by atoms with Crippen molar-refractivity contribution in [2.24, 2.45) is 0 Å². The zero-order chi connectivity index (χ0) is 28.0. The number of likely N-dealkylation sites (N-methyl/N-ethyl adjacent to an activating group) is 1. The van der Waals surface area contributed by atoms with Gasteiger partial charge in [-0.1, -0.05) is 84.5 Å². The maximum absolute atomic E-state index is 12.3. The molecule has 220 valence electrons. The van der Waals surface area contributed by atoms with Crippen molar-refractivity contribution in [3.05, 3.63) is 0 Å². The number of nitrogens with zero attached hydrogens (tertiary/aromatic N) is 1. The molecule has 0 aromatic rings. The van der Waals surface area contributed by atoms with Crippen LogP contribution in [0.25, 0.3) is 0 Å². The summed E-state index contributed by atoms with van der Waals surface area (Å²) >= 11 is 0. The van der Waals surface area contributed by atoms with Crippen molar-refractivity contribution >= 4 is 19.8 Å². The summed E-state index contributed by atoms with van der Waals surface area (Å²) in [6.45, 7) is 3.80. The molecule has 2 unspecified atom stereocenters. The van der Waals surface area contributed by atoms with Crippen molar-refractivity contribution in [3.8, 4) is 0 Å². The van der Waals surface area contributed by atoms with Gasteiger partial charge in [0.2, 0.25) is 0 Å². The molecule has 0 saturated heterocycles. The third-order valence-corrected chi connectivity index (χ3v) is 6.81. The maximum atomic E-state index is 12.3. The predicted molar refractivity (Wildman–Crippen MR) is 144 cm³/mol. The molecule has 0 aromatic heterocycles. The number of rotatable bonds is 25. The van der Waals surface area contributed by atoms with Gasteiger partial charge in [-0.3, -0.25) is 14.2 Å². The van der Waals surface area contributed by atoms with Crippen LogP contribution in [0.5, 0.6) is 0 Å². The van der Waals surface area contributed by atoms with Crippen LogP contribution in [0.15, 0.2) is 0 Å². The highest BCUT2D eigenvalue weighted by atomic mass is 31.2. The summed E-state index contributed by atoms with van der Waals surface area (Å²) in [6, 6.07) is 0. The number of phosphoric ester groups is 1. The smallest absolute Gasteiger partial charge is 0.306 e. The first kappa shape index (κ1) is 36.0. The Bertz CT molecular complexity index is 638. The van der Waals surface area contributed by atoms with E-state index in [0.717, 1.165) is 12.8 Å². The highest BCUT2D eigenvalue weighted by Crippen LogP contribution is 2.38. The molecule has 37 heavy (non-hydrogen) atoms. The zero-order valence-electron chi connectivity index (χ0n) is 24.2. The molecule has 0 fully saturated rings. The van der Waals surface area contributed by atoms with Crippen LogP contribution < -0.4 is 4.89 Å². The van der Waals surface area contributed by atoms with Crippen molar-refractivity contribution < 1.29 is 42.1 Å². The lowest BCUT2D eigenvalue weighted by molar-refractivity contribution is -0.870. The quantitative estimate of drug-likeness (QED) is 0.0629. The Balaban J connectivity index is 4.29. The molecule has 0 aliphatic rings. The molecule has 0 bridgehead atoms. The van der Waals surface area contributed by atoms with Gasteiger partial charge in [0.05, 0.1) is 27.7 Å². The van der Waals surface area contributed by atoms with Crippen LogP contribution in [0.4, 0.5) is 0 Å². The first-order valence-corrected chi connectivity index (χ1v) is 15.7. The lowest BCUT2D eigenvalue weighted by Gasteiger charge is -2.28. The van der Waals surface area contributed by atoms with Crippen molar-refractivity contribution in [1.82, 2.24) is 0 Å². The van der Waals surface area contributed by atoms with Crippen molar-refractivity contribution in [2.75, 3.05) is 47.5 Å². The Hall–Kier alpha value is -0.990. The van der Waals surface area contributed by atoms with E-state index in [1.807, 2.05) is 28.1 Å². The first-order chi connectivity index (χ1) is 17.5. The van der Waals surface area contributed by atoms with E-state index < -0.39 is 32.5 Å². The number of unbranched alkanes of at least 4 members (excludes halogenated alkanes) is 11. The van der Waals surface area contributed by atoms with Gasteiger partial charge in [-0.2, -0.15) is 0 Å². The number of ether oxygens (including phenoxy) is 2. The standard InChI is InChI=1S/C27H54NO8P/c1-6-8-9-10-11-12-13-14-15-16-17-18-20-27(30)36-25(23-33-26(29)19-7-2)24-35-37(31,32)34-22-21-28(3,4)5/h25H,6-24H2,1-5H3. The third kappa shape index (κ3) is 25.1. The van der Waals surface area contributed by atoms with Crippen LogP contribution in [0.3, 0.4) is 0 Å². The summed E-state index contributed by atoms with van der Waals surface area (Å²) < 4.78 is 32.9. The molecule has 9 nitrogen and oxygen atoms in total. The molecule has 0 aliphatic carbocycles. The van der Waals surface area contributed by atoms with Gasteiger partial charge in [0.25, 0.3) is 7.82 Å². The molecule has 0 rings (SSSR count). The molecule has 0 saturated carbocycles. The van der Waals surface area contributed by atoms with Crippen LogP contribution in [-0.4, -0.2) is 70.0 Å².